The van der Waals surface area contributed by atoms with Crippen LogP contribution in [0.15, 0.2) is 0 Å². The molecule has 2 heteroatoms. The number of nitrogens with one attached hydrogen (secondary N) is 1. The van der Waals surface area contributed by atoms with Crippen LogP contribution in [0.5, 0.6) is 0 Å². The van der Waals surface area contributed by atoms with E-state index >= 15 is 0 Å². The maximum atomic E-state index is 5.73. The average Bonchev–Trinajstić information content (AvgIpc) is 2.33. The van der Waals surface area contributed by atoms with Gasteiger partial charge in [-0.1, -0.05) is 6.42 Å². The summed E-state index contributed by atoms with van der Waals surface area (Å²) < 4.78 is 5.73. The van der Waals surface area contributed by atoms with Crippen LogP contribution in [0, 0.1) is 5.41 Å². The summed E-state index contributed by atoms with van der Waals surface area (Å²) in [5.41, 5.74) is 0.689. The average molecular weight is 167 g/mol. The molecule has 0 amide bonds. The van der Waals surface area contributed by atoms with Gasteiger partial charge in [-0.2, -0.15) is 0 Å². The van der Waals surface area contributed by atoms with Gasteiger partial charge >= 0.3 is 0 Å². The van der Waals surface area contributed by atoms with Crippen molar-refractivity contribution < 1.29 is 4.74 Å². The molecule has 3 rings (SSSR count). The Morgan fingerprint density at radius 1 is 1.25 bits per heavy atom. The maximum absolute atomic E-state index is 5.73. The van der Waals surface area contributed by atoms with Crippen molar-refractivity contribution in [2.24, 2.45) is 5.41 Å². The van der Waals surface area contributed by atoms with E-state index in [1.807, 2.05) is 0 Å². The van der Waals surface area contributed by atoms with Gasteiger partial charge < -0.3 is 10.1 Å². The van der Waals surface area contributed by atoms with Gasteiger partial charge in [0.1, 0.15) is 0 Å². The summed E-state index contributed by atoms with van der Waals surface area (Å²) in [7, 11) is 0. The van der Waals surface area contributed by atoms with Gasteiger partial charge in [-0.15, -0.1) is 0 Å². The van der Waals surface area contributed by atoms with Crippen LogP contribution >= 0.6 is 0 Å². The molecule has 0 aromatic rings. The highest BCUT2D eigenvalue weighted by Gasteiger charge is 2.54. The summed E-state index contributed by atoms with van der Waals surface area (Å²) >= 11 is 0. The molecule has 1 saturated carbocycles. The second-order valence-corrected chi connectivity index (χ2v) is 4.63. The fourth-order valence-electron chi connectivity index (χ4n) is 3.02. The summed E-state index contributed by atoms with van der Waals surface area (Å²) in [6, 6.07) is 0.716. The Hall–Kier alpha value is -0.0800. The molecule has 0 radical (unpaired) electrons. The summed E-state index contributed by atoms with van der Waals surface area (Å²) in [6.45, 7) is 2.26. The summed E-state index contributed by atoms with van der Waals surface area (Å²) in [6.07, 6.45) is 7.47. The number of ether oxygens (including phenoxy) is 1. The van der Waals surface area contributed by atoms with Gasteiger partial charge in [0, 0.05) is 24.6 Å². The highest BCUT2D eigenvalue weighted by atomic mass is 16.5. The maximum Gasteiger partial charge on any atom is 0.0734 e. The summed E-state index contributed by atoms with van der Waals surface area (Å²) in [5.74, 6) is 0. The van der Waals surface area contributed by atoms with E-state index in [-0.39, 0.29) is 0 Å². The zero-order valence-electron chi connectivity index (χ0n) is 7.51. The van der Waals surface area contributed by atoms with Crippen molar-refractivity contribution >= 4 is 0 Å². The van der Waals surface area contributed by atoms with Gasteiger partial charge in [0.25, 0.3) is 0 Å². The third kappa shape index (κ3) is 0.826. The SMILES string of the molecule is C1COC(C2NCC23CCC3)C1. The van der Waals surface area contributed by atoms with Gasteiger partial charge in [-0.05, 0) is 25.7 Å². The second kappa shape index (κ2) is 2.46. The minimum absolute atomic E-state index is 0.555. The molecule has 1 N–H and O–H groups in total. The van der Waals surface area contributed by atoms with Crippen LogP contribution in [0.3, 0.4) is 0 Å². The Kier molecular flexibility index (Phi) is 1.50. The fourth-order valence-corrected chi connectivity index (χ4v) is 3.02. The van der Waals surface area contributed by atoms with Crippen molar-refractivity contribution in [1.82, 2.24) is 5.32 Å². The van der Waals surface area contributed by atoms with Crippen molar-refractivity contribution in [1.29, 1.82) is 0 Å². The van der Waals surface area contributed by atoms with E-state index in [9.17, 15) is 0 Å². The molecule has 68 valence electrons. The van der Waals surface area contributed by atoms with Crippen LogP contribution in [0.2, 0.25) is 0 Å². The van der Waals surface area contributed by atoms with Gasteiger partial charge in [0.2, 0.25) is 0 Å². The van der Waals surface area contributed by atoms with Gasteiger partial charge in [0.15, 0.2) is 0 Å². The zero-order chi connectivity index (χ0) is 8.02. The minimum Gasteiger partial charge on any atom is -0.377 e. The lowest BCUT2D eigenvalue weighted by Crippen LogP contribution is -2.69. The van der Waals surface area contributed by atoms with E-state index in [1.54, 1.807) is 0 Å². The molecule has 2 nitrogen and oxygen atoms in total. The van der Waals surface area contributed by atoms with Crippen LogP contribution in [0.4, 0.5) is 0 Å². The third-order valence-electron chi connectivity index (χ3n) is 4.02. The van der Waals surface area contributed by atoms with Crippen LogP contribution in [0.1, 0.15) is 32.1 Å². The monoisotopic (exact) mass is 167 g/mol. The molecule has 0 aromatic carbocycles. The number of hydrogen-bond acceptors (Lipinski definition) is 2. The predicted octanol–water partition coefficient (Wildman–Crippen LogP) is 1.31. The van der Waals surface area contributed by atoms with Gasteiger partial charge in [-0.25, -0.2) is 0 Å². The van der Waals surface area contributed by atoms with E-state index in [0.29, 0.717) is 17.6 Å². The zero-order valence-corrected chi connectivity index (χ0v) is 7.51. The standard InChI is InChI=1S/C10H17NO/c1-3-8(12-6-1)9-10(7-11-9)4-2-5-10/h8-9,11H,1-7H2. The molecule has 1 aliphatic carbocycles. The molecule has 2 saturated heterocycles. The smallest absolute Gasteiger partial charge is 0.0734 e. The van der Waals surface area contributed by atoms with Gasteiger partial charge in [-0.3, -0.25) is 0 Å². The first-order valence-corrected chi connectivity index (χ1v) is 5.26. The first-order valence-electron chi connectivity index (χ1n) is 5.26. The Balaban J connectivity index is 1.68. The Labute approximate surface area is 73.7 Å². The topological polar surface area (TPSA) is 21.3 Å². The van der Waals surface area contributed by atoms with E-state index in [1.165, 1.54) is 38.6 Å². The normalized spacial score (nSPS) is 44.0. The Morgan fingerprint density at radius 3 is 2.58 bits per heavy atom. The van der Waals surface area contributed by atoms with Crippen LogP contribution in [-0.2, 0) is 4.74 Å². The highest BCUT2D eigenvalue weighted by Crippen LogP contribution is 2.50. The van der Waals surface area contributed by atoms with Crippen LogP contribution in [0.25, 0.3) is 0 Å². The van der Waals surface area contributed by atoms with Crippen molar-refractivity contribution in [3.05, 3.63) is 0 Å². The van der Waals surface area contributed by atoms with Crippen LogP contribution < -0.4 is 5.32 Å². The van der Waals surface area contributed by atoms with Gasteiger partial charge in [0.05, 0.1) is 6.10 Å². The molecule has 3 aliphatic rings. The molecule has 12 heavy (non-hydrogen) atoms. The first kappa shape index (κ1) is 7.34. The molecule has 0 aromatic heterocycles. The van der Waals surface area contributed by atoms with E-state index in [2.05, 4.69) is 5.32 Å². The predicted molar refractivity (Wildman–Crippen MR) is 47.0 cm³/mol. The summed E-state index contributed by atoms with van der Waals surface area (Å²) in [4.78, 5) is 0. The first-order chi connectivity index (χ1) is 5.91. The lowest BCUT2D eigenvalue weighted by Gasteiger charge is -2.58. The molecular weight excluding hydrogens is 150 g/mol. The molecule has 1 spiro atoms. The number of rotatable bonds is 1. The van der Waals surface area contributed by atoms with Crippen molar-refractivity contribution in [3.63, 3.8) is 0 Å². The highest BCUT2D eigenvalue weighted by molar-refractivity contribution is 5.09. The largest absolute Gasteiger partial charge is 0.377 e. The second-order valence-electron chi connectivity index (χ2n) is 4.63. The van der Waals surface area contributed by atoms with E-state index < -0.39 is 0 Å². The quantitative estimate of drug-likeness (QED) is 0.635. The molecule has 3 fully saturated rings. The molecule has 2 unspecified atom stereocenters. The number of hydrogen-bond donors (Lipinski definition) is 1. The lowest BCUT2D eigenvalue weighted by atomic mass is 9.58. The molecule has 0 bridgehead atoms. The van der Waals surface area contributed by atoms with Crippen LogP contribution in [-0.4, -0.2) is 25.3 Å². The lowest BCUT2D eigenvalue weighted by molar-refractivity contribution is -0.0751. The summed E-state index contributed by atoms with van der Waals surface area (Å²) in [5, 5.41) is 3.56. The third-order valence-corrected chi connectivity index (χ3v) is 4.02. The Bertz CT molecular complexity index is 177. The molecule has 2 atom stereocenters. The van der Waals surface area contributed by atoms with Crippen molar-refractivity contribution in [2.45, 2.75) is 44.2 Å². The van der Waals surface area contributed by atoms with Crippen molar-refractivity contribution in [3.8, 4) is 0 Å². The molecular formula is C10H17NO. The molecule has 2 heterocycles. The van der Waals surface area contributed by atoms with Crippen molar-refractivity contribution in [2.75, 3.05) is 13.2 Å². The Morgan fingerprint density at radius 2 is 2.17 bits per heavy atom. The van der Waals surface area contributed by atoms with E-state index in [0.717, 1.165) is 6.61 Å². The van der Waals surface area contributed by atoms with E-state index in [4.69, 9.17) is 4.74 Å². The molecule has 2 aliphatic heterocycles. The fraction of sp³-hybridized carbons (Fsp3) is 1.00. The minimum atomic E-state index is 0.555.